The van der Waals surface area contributed by atoms with Crippen LogP contribution in [0.5, 0.6) is 0 Å². The quantitative estimate of drug-likeness (QED) is 0.858. The highest BCUT2D eigenvalue weighted by Gasteiger charge is 2.22. The second-order valence-electron chi connectivity index (χ2n) is 4.04. The molecule has 0 saturated carbocycles. The number of aromatic nitrogens is 1. The highest BCUT2D eigenvalue weighted by atomic mass is 32.2. The van der Waals surface area contributed by atoms with Crippen molar-refractivity contribution in [3.63, 3.8) is 0 Å². The van der Waals surface area contributed by atoms with Crippen LogP contribution in [0.3, 0.4) is 0 Å². The number of rotatable bonds is 5. The molecule has 0 aliphatic rings. The third-order valence-electron chi connectivity index (χ3n) is 2.49. The van der Waals surface area contributed by atoms with E-state index in [1.807, 2.05) is 0 Å². The van der Waals surface area contributed by atoms with Crippen LogP contribution in [0.15, 0.2) is 28.5 Å². The minimum atomic E-state index is -3.58. The average Bonchev–Trinajstić information content (AvgIpc) is 2.74. The molecule has 0 saturated heterocycles. The van der Waals surface area contributed by atoms with Crippen LogP contribution in [0.4, 0.5) is 9.52 Å². The van der Waals surface area contributed by atoms with Crippen LogP contribution in [0, 0.1) is 12.7 Å². The molecule has 0 atom stereocenters. The molecule has 2 rings (SSSR count). The van der Waals surface area contributed by atoms with Gasteiger partial charge in [-0.3, -0.25) is 4.79 Å². The Bertz CT molecular complexity index is 724. The second kappa shape index (κ2) is 5.68. The molecule has 1 aromatic carbocycles. The number of carbonyl (C=O) groups excluding carboxylic acids is 1. The summed E-state index contributed by atoms with van der Waals surface area (Å²) in [5.41, 5.74) is 0.825. The van der Waals surface area contributed by atoms with E-state index >= 15 is 0 Å². The molecule has 106 valence electrons. The lowest BCUT2D eigenvalue weighted by molar-refractivity contribution is -0.105. The molecule has 5 nitrogen and oxygen atoms in total. The number of nitrogens with one attached hydrogen (secondary N) is 1. The molecule has 0 fully saturated rings. The zero-order valence-electron chi connectivity index (χ0n) is 10.5. The molecule has 20 heavy (non-hydrogen) atoms. The van der Waals surface area contributed by atoms with Gasteiger partial charge in [-0.25, -0.2) is 17.8 Å². The van der Waals surface area contributed by atoms with Gasteiger partial charge in [-0.05, 0) is 24.6 Å². The number of halogens is 1. The van der Waals surface area contributed by atoms with Gasteiger partial charge >= 0.3 is 0 Å². The number of amides is 1. The van der Waals surface area contributed by atoms with Crippen molar-refractivity contribution in [1.82, 2.24) is 4.98 Å². The van der Waals surface area contributed by atoms with Crippen molar-refractivity contribution in [2.24, 2.45) is 0 Å². The standard InChI is InChI=1S/C12H11FN2O3S2/c1-8-11(19-12(15-8)14-7-16)20(17,18)6-9-2-4-10(13)5-3-9/h2-5,7H,6H2,1H3,(H,14,15,16). The number of hydrogen-bond donors (Lipinski definition) is 1. The van der Waals surface area contributed by atoms with Crippen molar-refractivity contribution in [1.29, 1.82) is 0 Å². The van der Waals surface area contributed by atoms with Crippen molar-refractivity contribution < 1.29 is 17.6 Å². The summed E-state index contributed by atoms with van der Waals surface area (Å²) >= 11 is 0.898. The van der Waals surface area contributed by atoms with E-state index in [1.165, 1.54) is 24.3 Å². The van der Waals surface area contributed by atoms with Crippen molar-refractivity contribution in [2.75, 3.05) is 5.32 Å². The van der Waals surface area contributed by atoms with Crippen molar-refractivity contribution in [2.45, 2.75) is 16.9 Å². The van der Waals surface area contributed by atoms with E-state index in [4.69, 9.17) is 0 Å². The molecule has 0 radical (unpaired) electrons. The monoisotopic (exact) mass is 314 g/mol. The van der Waals surface area contributed by atoms with Crippen molar-refractivity contribution >= 4 is 32.7 Å². The van der Waals surface area contributed by atoms with Gasteiger partial charge in [0.15, 0.2) is 15.0 Å². The van der Waals surface area contributed by atoms with E-state index in [9.17, 15) is 17.6 Å². The first kappa shape index (κ1) is 14.6. The molecule has 1 aromatic heterocycles. The molecule has 2 aromatic rings. The summed E-state index contributed by atoms with van der Waals surface area (Å²) < 4.78 is 37.5. The molecule has 0 aliphatic heterocycles. The summed E-state index contributed by atoms with van der Waals surface area (Å²) in [5, 5.41) is 2.56. The first-order valence-electron chi connectivity index (χ1n) is 5.57. The van der Waals surface area contributed by atoms with Gasteiger partial charge in [-0.1, -0.05) is 23.5 Å². The maximum Gasteiger partial charge on any atom is 0.213 e. The first-order valence-corrected chi connectivity index (χ1v) is 8.04. The Balaban J connectivity index is 2.30. The van der Waals surface area contributed by atoms with Gasteiger partial charge in [0, 0.05) is 0 Å². The lowest BCUT2D eigenvalue weighted by Crippen LogP contribution is -2.04. The van der Waals surface area contributed by atoms with Crippen molar-refractivity contribution in [3.05, 3.63) is 41.3 Å². The van der Waals surface area contributed by atoms with Gasteiger partial charge in [0.2, 0.25) is 6.41 Å². The van der Waals surface area contributed by atoms with Gasteiger partial charge in [-0.15, -0.1) is 0 Å². The van der Waals surface area contributed by atoms with Crippen molar-refractivity contribution in [3.8, 4) is 0 Å². The number of carbonyl (C=O) groups is 1. The summed E-state index contributed by atoms with van der Waals surface area (Å²) in [5.74, 6) is -0.658. The fourth-order valence-electron chi connectivity index (χ4n) is 1.65. The molecule has 1 amide bonds. The highest BCUT2D eigenvalue weighted by Crippen LogP contribution is 2.29. The van der Waals surface area contributed by atoms with Gasteiger partial charge in [0.05, 0.1) is 11.4 Å². The van der Waals surface area contributed by atoms with Crippen LogP contribution in [-0.2, 0) is 20.4 Å². The summed E-state index contributed by atoms with van der Waals surface area (Å²) in [4.78, 5) is 14.3. The van der Waals surface area contributed by atoms with Crippen LogP contribution >= 0.6 is 11.3 Å². The lowest BCUT2D eigenvalue weighted by atomic mass is 10.2. The SMILES string of the molecule is Cc1nc(NC=O)sc1S(=O)(=O)Cc1ccc(F)cc1. The summed E-state index contributed by atoms with van der Waals surface area (Å²) in [6.45, 7) is 1.56. The second-order valence-corrected chi connectivity index (χ2v) is 7.22. The minimum absolute atomic E-state index is 0.103. The molecule has 0 aliphatic carbocycles. The maximum absolute atomic E-state index is 12.8. The Morgan fingerprint density at radius 1 is 1.35 bits per heavy atom. The number of sulfone groups is 1. The molecule has 0 spiro atoms. The Labute approximate surface area is 119 Å². The number of anilines is 1. The summed E-state index contributed by atoms with van der Waals surface area (Å²) in [6, 6.07) is 5.27. The van der Waals surface area contributed by atoms with Gasteiger partial charge < -0.3 is 5.32 Å². The third-order valence-corrected chi connectivity index (χ3v) is 5.96. The molecule has 0 unspecified atom stereocenters. The zero-order valence-corrected chi connectivity index (χ0v) is 12.1. The van der Waals surface area contributed by atoms with E-state index < -0.39 is 15.7 Å². The third kappa shape index (κ3) is 3.20. The predicted molar refractivity (Wildman–Crippen MR) is 73.8 cm³/mol. The Hall–Kier alpha value is -1.80. The maximum atomic E-state index is 12.8. The van der Waals surface area contributed by atoms with Crippen LogP contribution in [0.1, 0.15) is 11.3 Å². The fourth-order valence-corrected chi connectivity index (χ4v) is 4.49. The van der Waals surface area contributed by atoms with E-state index in [-0.39, 0.29) is 15.1 Å². The number of benzene rings is 1. The fraction of sp³-hybridized carbons (Fsp3) is 0.167. The predicted octanol–water partition coefficient (Wildman–Crippen LogP) is 2.13. The highest BCUT2D eigenvalue weighted by molar-refractivity contribution is 7.92. The van der Waals surface area contributed by atoms with Gasteiger partial charge in [0.1, 0.15) is 10.0 Å². The number of aryl methyl sites for hydroxylation is 1. The molecular weight excluding hydrogens is 303 g/mol. The van der Waals surface area contributed by atoms with Crippen LogP contribution in [0.2, 0.25) is 0 Å². The normalized spacial score (nSPS) is 11.3. The minimum Gasteiger partial charge on any atom is -0.305 e. The zero-order chi connectivity index (χ0) is 14.8. The topological polar surface area (TPSA) is 76.1 Å². The van der Waals surface area contributed by atoms with Gasteiger partial charge in [0.25, 0.3) is 0 Å². The van der Waals surface area contributed by atoms with Gasteiger partial charge in [-0.2, -0.15) is 0 Å². The van der Waals surface area contributed by atoms with Crippen LogP contribution in [0.25, 0.3) is 0 Å². The Morgan fingerprint density at radius 2 is 2.00 bits per heavy atom. The molecular formula is C12H11FN2O3S2. The Morgan fingerprint density at radius 3 is 2.60 bits per heavy atom. The summed E-state index contributed by atoms with van der Waals surface area (Å²) in [6.07, 6.45) is 0.439. The lowest BCUT2D eigenvalue weighted by Gasteiger charge is -2.02. The largest absolute Gasteiger partial charge is 0.305 e. The molecule has 0 bridgehead atoms. The van der Waals surface area contributed by atoms with E-state index in [0.717, 1.165) is 11.3 Å². The first-order chi connectivity index (χ1) is 9.42. The Kier molecular flexibility index (Phi) is 4.15. The van der Waals surface area contributed by atoms with Crippen LogP contribution in [-0.4, -0.2) is 19.8 Å². The van der Waals surface area contributed by atoms with E-state index in [0.29, 0.717) is 17.7 Å². The molecule has 1 N–H and O–H groups in total. The van der Waals surface area contributed by atoms with E-state index in [2.05, 4.69) is 10.3 Å². The van der Waals surface area contributed by atoms with E-state index in [1.54, 1.807) is 6.92 Å². The summed E-state index contributed by atoms with van der Waals surface area (Å²) in [7, 11) is -3.58. The average molecular weight is 314 g/mol. The smallest absolute Gasteiger partial charge is 0.213 e. The molecule has 8 heteroatoms. The molecule has 1 heterocycles. The number of nitrogens with zero attached hydrogens (tertiary/aromatic N) is 1. The number of thiazole rings is 1. The van der Waals surface area contributed by atoms with Crippen LogP contribution < -0.4 is 5.32 Å². The number of hydrogen-bond acceptors (Lipinski definition) is 5.